The Balaban J connectivity index is 1.94. The van der Waals surface area contributed by atoms with Gasteiger partial charge in [0.25, 0.3) is 5.19 Å². The molecule has 0 radical (unpaired) electrons. The summed E-state index contributed by atoms with van der Waals surface area (Å²) in [4.78, 5) is 0. The van der Waals surface area contributed by atoms with Gasteiger partial charge < -0.3 is 15.2 Å². The van der Waals surface area contributed by atoms with E-state index >= 15 is 0 Å². The topological polar surface area (TPSA) is 70.3 Å². The number of hydrogen-bond donors (Lipinski definition) is 1. The molecule has 0 saturated carbocycles. The lowest BCUT2D eigenvalue weighted by molar-refractivity contribution is 0.140. The van der Waals surface area contributed by atoms with Gasteiger partial charge in [0.1, 0.15) is 6.10 Å². The zero-order valence-electron chi connectivity index (χ0n) is 6.40. The monoisotopic (exact) mass is 187 g/mol. The van der Waals surface area contributed by atoms with E-state index in [0.717, 1.165) is 13.0 Å². The van der Waals surface area contributed by atoms with Crippen molar-refractivity contribution < 1.29 is 9.47 Å². The van der Waals surface area contributed by atoms with E-state index in [2.05, 4.69) is 10.2 Å². The summed E-state index contributed by atoms with van der Waals surface area (Å²) in [6, 6.07) is 0. The molecule has 5 nitrogen and oxygen atoms in total. The number of nitrogens with zero attached hydrogens (tertiary/aromatic N) is 2. The second-order valence-corrected chi connectivity index (χ2v) is 3.48. The third-order valence-electron chi connectivity index (χ3n) is 1.58. The van der Waals surface area contributed by atoms with Crippen LogP contribution in [0.2, 0.25) is 0 Å². The molecule has 6 heteroatoms. The molecule has 1 aliphatic heterocycles. The Kier molecular flexibility index (Phi) is 2.09. The minimum Gasteiger partial charge on any atom is -0.463 e. The van der Waals surface area contributed by atoms with Gasteiger partial charge in [-0.2, -0.15) is 0 Å². The van der Waals surface area contributed by atoms with Gasteiger partial charge in [0.15, 0.2) is 0 Å². The van der Waals surface area contributed by atoms with Crippen molar-refractivity contribution in [2.75, 3.05) is 18.9 Å². The third-order valence-corrected chi connectivity index (χ3v) is 2.22. The van der Waals surface area contributed by atoms with Crippen molar-refractivity contribution in [3.63, 3.8) is 0 Å². The SMILES string of the molecule is Nc1nnc(OC2CCOC2)s1. The van der Waals surface area contributed by atoms with Gasteiger partial charge in [0, 0.05) is 6.42 Å². The van der Waals surface area contributed by atoms with Crippen LogP contribution in [0.4, 0.5) is 5.13 Å². The minimum absolute atomic E-state index is 0.123. The highest BCUT2D eigenvalue weighted by atomic mass is 32.1. The molecule has 1 aliphatic rings. The predicted molar refractivity (Wildman–Crippen MR) is 44.2 cm³/mol. The highest BCUT2D eigenvalue weighted by molar-refractivity contribution is 7.16. The maximum atomic E-state index is 5.44. The Labute approximate surface area is 73.5 Å². The Morgan fingerprint density at radius 2 is 2.50 bits per heavy atom. The molecule has 0 amide bonds. The van der Waals surface area contributed by atoms with Gasteiger partial charge in [0.2, 0.25) is 5.13 Å². The first kappa shape index (κ1) is 7.75. The number of nitrogen functional groups attached to an aromatic ring is 1. The maximum absolute atomic E-state index is 5.44. The van der Waals surface area contributed by atoms with Crippen LogP contribution in [0.1, 0.15) is 6.42 Å². The van der Waals surface area contributed by atoms with Gasteiger partial charge >= 0.3 is 0 Å². The summed E-state index contributed by atoms with van der Waals surface area (Å²) in [6.45, 7) is 1.40. The van der Waals surface area contributed by atoms with E-state index in [1.165, 1.54) is 11.3 Å². The molecule has 0 aliphatic carbocycles. The molecule has 1 fully saturated rings. The average molecular weight is 187 g/mol. The Morgan fingerprint density at radius 1 is 1.58 bits per heavy atom. The Morgan fingerprint density at radius 3 is 3.08 bits per heavy atom. The average Bonchev–Trinajstić information content (AvgIpc) is 2.63. The molecule has 2 N–H and O–H groups in total. The second-order valence-electron chi connectivity index (χ2n) is 2.51. The van der Waals surface area contributed by atoms with Crippen LogP contribution in [-0.4, -0.2) is 29.5 Å². The van der Waals surface area contributed by atoms with E-state index in [1.54, 1.807) is 0 Å². The van der Waals surface area contributed by atoms with Crippen LogP contribution >= 0.6 is 11.3 Å². The number of aromatic nitrogens is 2. The molecule has 1 aromatic rings. The third kappa shape index (κ3) is 1.64. The zero-order valence-corrected chi connectivity index (χ0v) is 7.21. The standard InChI is InChI=1S/C6H9N3O2S/c7-5-8-9-6(12-5)11-4-1-2-10-3-4/h4H,1-3H2,(H2,7,8). The van der Waals surface area contributed by atoms with Gasteiger partial charge in [-0.15, -0.1) is 5.10 Å². The van der Waals surface area contributed by atoms with E-state index in [0.29, 0.717) is 16.9 Å². The first-order valence-corrected chi connectivity index (χ1v) is 4.49. The second kappa shape index (κ2) is 3.24. The quantitative estimate of drug-likeness (QED) is 0.720. The summed E-state index contributed by atoms with van der Waals surface area (Å²) in [5, 5.41) is 8.35. The van der Waals surface area contributed by atoms with Crippen LogP contribution in [0.3, 0.4) is 0 Å². The summed E-state index contributed by atoms with van der Waals surface area (Å²) in [5.74, 6) is 0. The lowest BCUT2D eigenvalue weighted by Crippen LogP contribution is -2.15. The summed E-state index contributed by atoms with van der Waals surface area (Å²) in [5.41, 5.74) is 5.39. The maximum Gasteiger partial charge on any atom is 0.296 e. The fourth-order valence-electron chi connectivity index (χ4n) is 1.02. The molecule has 2 rings (SSSR count). The molecule has 1 saturated heterocycles. The van der Waals surface area contributed by atoms with E-state index in [9.17, 15) is 0 Å². The van der Waals surface area contributed by atoms with Crippen LogP contribution in [0.15, 0.2) is 0 Å². The minimum atomic E-state index is 0.123. The molecule has 12 heavy (non-hydrogen) atoms. The number of anilines is 1. The van der Waals surface area contributed by atoms with Crippen molar-refractivity contribution in [1.29, 1.82) is 0 Å². The number of nitrogens with two attached hydrogens (primary N) is 1. The number of hydrogen-bond acceptors (Lipinski definition) is 6. The molecule has 0 aromatic carbocycles. The lowest BCUT2D eigenvalue weighted by Gasteiger charge is -2.06. The van der Waals surface area contributed by atoms with E-state index in [1.807, 2.05) is 0 Å². The molecule has 66 valence electrons. The van der Waals surface area contributed by atoms with Crippen molar-refractivity contribution in [2.45, 2.75) is 12.5 Å². The molecular formula is C6H9N3O2S. The molecule has 1 atom stereocenters. The fourth-order valence-corrected chi connectivity index (χ4v) is 1.54. The van der Waals surface area contributed by atoms with Gasteiger partial charge in [-0.05, 0) is 11.3 Å². The van der Waals surface area contributed by atoms with Crippen molar-refractivity contribution >= 4 is 16.5 Å². The van der Waals surface area contributed by atoms with E-state index < -0.39 is 0 Å². The van der Waals surface area contributed by atoms with Crippen LogP contribution in [-0.2, 0) is 4.74 Å². The Bertz CT molecular complexity index is 259. The smallest absolute Gasteiger partial charge is 0.296 e. The van der Waals surface area contributed by atoms with Crippen molar-refractivity contribution in [3.05, 3.63) is 0 Å². The fraction of sp³-hybridized carbons (Fsp3) is 0.667. The van der Waals surface area contributed by atoms with Gasteiger partial charge in [-0.3, -0.25) is 0 Å². The normalized spacial score (nSPS) is 22.8. The van der Waals surface area contributed by atoms with Crippen LogP contribution in [0.25, 0.3) is 0 Å². The number of ether oxygens (including phenoxy) is 2. The molecule has 0 bridgehead atoms. The summed E-state index contributed by atoms with van der Waals surface area (Å²) < 4.78 is 10.6. The number of rotatable bonds is 2. The van der Waals surface area contributed by atoms with Crippen molar-refractivity contribution in [1.82, 2.24) is 10.2 Å². The van der Waals surface area contributed by atoms with Crippen molar-refractivity contribution in [3.8, 4) is 5.19 Å². The van der Waals surface area contributed by atoms with Gasteiger partial charge in [0.05, 0.1) is 13.2 Å². The van der Waals surface area contributed by atoms with Crippen LogP contribution < -0.4 is 10.5 Å². The molecule has 1 unspecified atom stereocenters. The molecule has 2 heterocycles. The molecular weight excluding hydrogens is 178 g/mol. The largest absolute Gasteiger partial charge is 0.463 e. The first-order chi connectivity index (χ1) is 5.84. The lowest BCUT2D eigenvalue weighted by atomic mass is 10.3. The summed E-state index contributed by atoms with van der Waals surface area (Å²) >= 11 is 1.25. The Hall–Kier alpha value is -0.880. The van der Waals surface area contributed by atoms with Crippen LogP contribution in [0, 0.1) is 0 Å². The van der Waals surface area contributed by atoms with Crippen LogP contribution in [0.5, 0.6) is 5.19 Å². The molecule has 1 aromatic heterocycles. The highest BCUT2D eigenvalue weighted by Gasteiger charge is 2.18. The predicted octanol–water partition coefficient (Wildman–Crippen LogP) is 0.288. The molecule has 0 spiro atoms. The summed E-state index contributed by atoms with van der Waals surface area (Å²) in [7, 11) is 0. The van der Waals surface area contributed by atoms with Gasteiger partial charge in [-0.1, -0.05) is 5.10 Å². The zero-order chi connectivity index (χ0) is 8.39. The van der Waals surface area contributed by atoms with E-state index in [4.69, 9.17) is 15.2 Å². The first-order valence-electron chi connectivity index (χ1n) is 3.68. The highest BCUT2D eigenvalue weighted by Crippen LogP contribution is 2.22. The van der Waals surface area contributed by atoms with Gasteiger partial charge in [-0.25, -0.2) is 0 Å². The summed E-state index contributed by atoms with van der Waals surface area (Å²) in [6.07, 6.45) is 1.04. The van der Waals surface area contributed by atoms with Crippen molar-refractivity contribution in [2.24, 2.45) is 0 Å². The van der Waals surface area contributed by atoms with E-state index in [-0.39, 0.29) is 6.10 Å².